The third-order valence-corrected chi connectivity index (χ3v) is 5.52. The van der Waals surface area contributed by atoms with E-state index in [9.17, 15) is 14.7 Å². The van der Waals surface area contributed by atoms with Gasteiger partial charge in [-0.05, 0) is 66.0 Å². The highest BCUT2D eigenvalue weighted by atomic mass is 16.6. The Kier molecular flexibility index (Phi) is 5.78. The molecule has 1 amide bonds. The van der Waals surface area contributed by atoms with Crippen molar-refractivity contribution in [1.82, 2.24) is 9.80 Å². The number of hydrogen-bond donors (Lipinski definition) is 1. The van der Waals surface area contributed by atoms with E-state index in [1.807, 2.05) is 27.7 Å². The Balaban J connectivity index is 1.82. The Morgan fingerprint density at radius 1 is 1.12 bits per heavy atom. The quantitative estimate of drug-likeness (QED) is 0.855. The first kappa shape index (κ1) is 19.0. The summed E-state index contributed by atoms with van der Waals surface area (Å²) in [5.74, 6) is -0.649. The molecule has 6 heteroatoms. The fourth-order valence-corrected chi connectivity index (χ4v) is 3.78. The van der Waals surface area contributed by atoms with Crippen LogP contribution in [0.3, 0.4) is 0 Å². The molecule has 6 nitrogen and oxygen atoms in total. The van der Waals surface area contributed by atoms with Crippen molar-refractivity contribution in [3.63, 3.8) is 0 Å². The van der Waals surface area contributed by atoms with Gasteiger partial charge in [-0.25, -0.2) is 4.79 Å². The zero-order valence-corrected chi connectivity index (χ0v) is 15.5. The summed E-state index contributed by atoms with van der Waals surface area (Å²) in [6.07, 6.45) is 3.80. The molecule has 2 aliphatic heterocycles. The van der Waals surface area contributed by atoms with Gasteiger partial charge in [0.2, 0.25) is 0 Å². The van der Waals surface area contributed by atoms with Gasteiger partial charge in [0, 0.05) is 19.1 Å². The van der Waals surface area contributed by atoms with Crippen LogP contribution in [0.4, 0.5) is 4.79 Å². The van der Waals surface area contributed by atoms with Gasteiger partial charge in [-0.3, -0.25) is 4.79 Å². The number of carboxylic acids is 1. The number of likely N-dealkylation sites (tertiary alicyclic amines) is 2. The lowest BCUT2D eigenvalue weighted by Gasteiger charge is -2.44. The third-order valence-electron chi connectivity index (χ3n) is 5.52. The number of aliphatic carboxylic acids is 1. The molecule has 2 rings (SSSR count). The maximum Gasteiger partial charge on any atom is 0.410 e. The van der Waals surface area contributed by atoms with E-state index in [0.717, 1.165) is 38.8 Å². The van der Waals surface area contributed by atoms with Gasteiger partial charge in [-0.15, -0.1) is 0 Å². The SMILES string of the molecule is CCC1(C(=O)O)CCN(C2CCN(C(=O)OC(C)(C)C)CC2)CC1. The Morgan fingerprint density at radius 3 is 2.08 bits per heavy atom. The van der Waals surface area contributed by atoms with Crippen LogP contribution in [0, 0.1) is 5.41 Å². The maximum absolute atomic E-state index is 12.1. The molecule has 0 aromatic heterocycles. The number of nitrogens with zero attached hydrogens (tertiary/aromatic N) is 2. The van der Waals surface area contributed by atoms with Crippen molar-refractivity contribution >= 4 is 12.1 Å². The third kappa shape index (κ3) is 4.41. The fraction of sp³-hybridized carbons (Fsp3) is 0.889. The molecule has 0 bridgehead atoms. The Labute approximate surface area is 145 Å². The molecule has 0 radical (unpaired) electrons. The van der Waals surface area contributed by atoms with Gasteiger partial charge in [0.15, 0.2) is 0 Å². The number of rotatable bonds is 3. The first-order valence-electron chi connectivity index (χ1n) is 9.12. The van der Waals surface area contributed by atoms with E-state index < -0.39 is 17.0 Å². The van der Waals surface area contributed by atoms with Gasteiger partial charge >= 0.3 is 12.1 Å². The van der Waals surface area contributed by atoms with E-state index in [1.54, 1.807) is 4.90 Å². The molecule has 0 saturated carbocycles. The zero-order valence-electron chi connectivity index (χ0n) is 15.5. The average Bonchev–Trinajstić information content (AvgIpc) is 2.53. The minimum absolute atomic E-state index is 0.226. The highest BCUT2D eigenvalue weighted by Gasteiger charge is 2.41. The van der Waals surface area contributed by atoms with Gasteiger partial charge < -0.3 is 19.6 Å². The number of carbonyl (C=O) groups is 2. The van der Waals surface area contributed by atoms with Crippen LogP contribution in [0.1, 0.15) is 59.8 Å². The van der Waals surface area contributed by atoms with Crippen LogP contribution in [-0.2, 0) is 9.53 Å². The first-order valence-corrected chi connectivity index (χ1v) is 9.12. The van der Waals surface area contributed by atoms with Gasteiger partial charge in [-0.1, -0.05) is 6.92 Å². The van der Waals surface area contributed by atoms with Crippen LogP contribution in [-0.4, -0.2) is 64.8 Å². The van der Waals surface area contributed by atoms with E-state index >= 15 is 0 Å². The lowest BCUT2D eigenvalue weighted by atomic mass is 9.76. The van der Waals surface area contributed by atoms with E-state index in [0.29, 0.717) is 25.6 Å². The van der Waals surface area contributed by atoms with Crippen LogP contribution < -0.4 is 0 Å². The Morgan fingerprint density at radius 2 is 1.67 bits per heavy atom. The van der Waals surface area contributed by atoms with Gasteiger partial charge in [0.25, 0.3) is 0 Å². The van der Waals surface area contributed by atoms with Crippen LogP contribution in [0.25, 0.3) is 0 Å². The van der Waals surface area contributed by atoms with E-state index in [1.165, 1.54) is 0 Å². The number of piperidine rings is 2. The lowest BCUT2D eigenvalue weighted by molar-refractivity contribution is -0.153. The molecular formula is C18H32N2O4. The normalized spacial score (nSPS) is 23.1. The summed E-state index contributed by atoms with van der Waals surface area (Å²) in [6.45, 7) is 10.7. The van der Waals surface area contributed by atoms with Crippen molar-refractivity contribution in [3.8, 4) is 0 Å². The highest BCUT2D eigenvalue weighted by molar-refractivity contribution is 5.74. The number of hydrogen-bond acceptors (Lipinski definition) is 4. The zero-order chi connectivity index (χ0) is 18.0. The predicted octanol–water partition coefficient (Wildman–Crippen LogP) is 2.96. The molecule has 0 unspecified atom stereocenters. The standard InChI is InChI=1S/C18H32N2O4/c1-5-18(15(21)22)8-12-19(13-9-18)14-6-10-20(11-7-14)16(23)24-17(2,3)4/h14H,5-13H2,1-4H3,(H,21,22). The van der Waals surface area contributed by atoms with Crippen LogP contribution >= 0.6 is 0 Å². The first-order chi connectivity index (χ1) is 11.2. The van der Waals surface area contributed by atoms with Crippen molar-refractivity contribution in [2.24, 2.45) is 5.41 Å². The monoisotopic (exact) mass is 340 g/mol. The summed E-state index contributed by atoms with van der Waals surface area (Å²) < 4.78 is 5.43. The molecule has 0 aliphatic carbocycles. The molecule has 0 atom stereocenters. The number of amides is 1. The molecule has 0 aromatic rings. The molecule has 0 aromatic carbocycles. The maximum atomic E-state index is 12.1. The van der Waals surface area contributed by atoms with Crippen LogP contribution in [0.5, 0.6) is 0 Å². The van der Waals surface area contributed by atoms with Crippen LogP contribution in [0.2, 0.25) is 0 Å². The van der Waals surface area contributed by atoms with E-state index in [2.05, 4.69) is 4.90 Å². The molecular weight excluding hydrogens is 308 g/mol. The molecule has 2 fully saturated rings. The molecule has 2 heterocycles. The molecule has 0 spiro atoms. The summed E-state index contributed by atoms with van der Waals surface area (Å²) in [5, 5.41) is 9.50. The highest BCUT2D eigenvalue weighted by Crippen LogP contribution is 2.36. The smallest absolute Gasteiger partial charge is 0.410 e. The Bertz CT molecular complexity index is 456. The van der Waals surface area contributed by atoms with Crippen molar-refractivity contribution in [1.29, 1.82) is 0 Å². The lowest BCUT2D eigenvalue weighted by Crippen LogP contribution is -2.52. The van der Waals surface area contributed by atoms with Crippen molar-refractivity contribution < 1.29 is 19.4 Å². The second-order valence-corrected chi connectivity index (χ2v) is 8.17. The summed E-state index contributed by atoms with van der Waals surface area (Å²) in [4.78, 5) is 27.9. The van der Waals surface area contributed by atoms with Gasteiger partial charge in [0.05, 0.1) is 5.41 Å². The van der Waals surface area contributed by atoms with E-state index in [-0.39, 0.29) is 6.09 Å². The van der Waals surface area contributed by atoms with E-state index in [4.69, 9.17) is 4.74 Å². The minimum atomic E-state index is -0.649. The summed E-state index contributed by atoms with van der Waals surface area (Å²) in [5.41, 5.74) is -0.991. The number of carboxylic acid groups (broad SMARTS) is 1. The molecule has 138 valence electrons. The second kappa shape index (κ2) is 7.30. The average molecular weight is 340 g/mol. The van der Waals surface area contributed by atoms with Gasteiger partial charge in [0.1, 0.15) is 5.60 Å². The Hall–Kier alpha value is -1.30. The largest absolute Gasteiger partial charge is 0.481 e. The minimum Gasteiger partial charge on any atom is -0.481 e. The topological polar surface area (TPSA) is 70.1 Å². The van der Waals surface area contributed by atoms with Crippen molar-refractivity contribution in [2.75, 3.05) is 26.2 Å². The number of carbonyl (C=O) groups excluding carboxylic acids is 1. The fourth-order valence-electron chi connectivity index (χ4n) is 3.78. The molecule has 2 aliphatic rings. The molecule has 24 heavy (non-hydrogen) atoms. The molecule has 2 saturated heterocycles. The van der Waals surface area contributed by atoms with Crippen molar-refractivity contribution in [2.45, 2.75) is 71.4 Å². The van der Waals surface area contributed by atoms with Gasteiger partial charge in [-0.2, -0.15) is 0 Å². The second-order valence-electron chi connectivity index (χ2n) is 8.17. The van der Waals surface area contributed by atoms with Crippen molar-refractivity contribution in [3.05, 3.63) is 0 Å². The summed E-state index contributed by atoms with van der Waals surface area (Å²) in [7, 11) is 0. The summed E-state index contributed by atoms with van der Waals surface area (Å²) >= 11 is 0. The predicted molar refractivity (Wildman–Crippen MR) is 92.0 cm³/mol. The van der Waals surface area contributed by atoms with Crippen LogP contribution in [0.15, 0.2) is 0 Å². The summed E-state index contributed by atoms with van der Waals surface area (Å²) in [6, 6.07) is 0.451. The molecule has 1 N–H and O–H groups in total. The number of ether oxygens (including phenoxy) is 1.